The van der Waals surface area contributed by atoms with Crippen molar-refractivity contribution in [3.8, 4) is 0 Å². The summed E-state index contributed by atoms with van der Waals surface area (Å²) in [7, 11) is 0. The number of benzene rings is 2. The van der Waals surface area contributed by atoms with Crippen molar-refractivity contribution in [1.82, 2.24) is 9.88 Å². The van der Waals surface area contributed by atoms with Crippen molar-refractivity contribution in [3.05, 3.63) is 82.4 Å². The van der Waals surface area contributed by atoms with E-state index < -0.39 is 0 Å². The van der Waals surface area contributed by atoms with Gasteiger partial charge in [0.05, 0.1) is 10.6 Å². The summed E-state index contributed by atoms with van der Waals surface area (Å²) in [4.78, 5) is 17.6. The fourth-order valence-corrected chi connectivity index (χ4v) is 4.29. The van der Waals surface area contributed by atoms with Crippen molar-refractivity contribution in [2.24, 2.45) is 4.99 Å². The first-order valence-corrected chi connectivity index (χ1v) is 10.00. The van der Waals surface area contributed by atoms with E-state index in [0.29, 0.717) is 20.8 Å². The zero-order chi connectivity index (χ0) is 19.7. The van der Waals surface area contributed by atoms with Gasteiger partial charge in [-0.1, -0.05) is 41.9 Å². The van der Waals surface area contributed by atoms with E-state index in [2.05, 4.69) is 40.5 Å². The zero-order valence-electron chi connectivity index (χ0n) is 15.3. The molecule has 2 heterocycles. The Hall–Kier alpha value is -2.76. The van der Waals surface area contributed by atoms with Gasteiger partial charge in [-0.25, -0.2) is 4.99 Å². The Morgan fingerprint density at radius 3 is 2.86 bits per heavy atom. The number of hydrogen-bond donors (Lipinski definition) is 1. The summed E-state index contributed by atoms with van der Waals surface area (Å²) >= 11 is 7.34. The predicted octanol–water partition coefficient (Wildman–Crippen LogP) is 5.68. The van der Waals surface area contributed by atoms with Crippen molar-refractivity contribution in [3.63, 3.8) is 0 Å². The highest BCUT2D eigenvalue weighted by atomic mass is 35.5. The number of halogens is 1. The highest BCUT2D eigenvalue weighted by Gasteiger charge is 2.25. The van der Waals surface area contributed by atoms with Gasteiger partial charge in [-0.2, -0.15) is 0 Å². The molecule has 4 rings (SSSR count). The molecule has 0 bridgehead atoms. The average Bonchev–Trinajstić information content (AvgIpc) is 3.14. The molecule has 0 radical (unpaired) electrons. The maximum atomic E-state index is 12.5. The van der Waals surface area contributed by atoms with Gasteiger partial charge >= 0.3 is 0 Å². The van der Waals surface area contributed by atoms with E-state index in [4.69, 9.17) is 11.6 Å². The minimum absolute atomic E-state index is 0.147. The number of fused-ring (bicyclic) bond motifs is 1. The summed E-state index contributed by atoms with van der Waals surface area (Å²) < 4.78 is 2.20. The van der Waals surface area contributed by atoms with Crippen LogP contribution in [0.15, 0.2) is 71.1 Å². The van der Waals surface area contributed by atoms with Gasteiger partial charge in [0.1, 0.15) is 0 Å². The first kappa shape index (κ1) is 18.6. The van der Waals surface area contributed by atoms with E-state index in [1.54, 1.807) is 12.1 Å². The SMILES string of the molecule is C=CCn1c(C)c(/C=C2\SC(=Nc3cccc(Cl)c3)NC2=O)c2ccccc21. The summed E-state index contributed by atoms with van der Waals surface area (Å²) in [6.07, 6.45) is 3.82. The molecule has 0 atom stereocenters. The number of aromatic nitrogens is 1. The largest absolute Gasteiger partial charge is 0.340 e. The predicted molar refractivity (Wildman–Crippen MR) is 119 cm³/mol. The number of carbonyl (C=O) groups is 1. The van der Waals surface area contributed by atoms with E-state index >= 15 is 0 Å². The lowest BCUT2D eigenvalue weighted by Crippen LogP contribution is -2.19. The number of allylic oxidation sites excluding steroid dienone is 1. The second kappa shape index (κ2) is 7.70. The number of nitrogens with one attached hydrogen (secondary N) is 1. The number of thioether (sulfide) groups is 1. The van der Waals surface area contributed by atoms with Crippen LogP contribution in [0.25, 0.3) is 17.0 Å². The summed E-state index contributed by atoms with van der Waals surface area (Å²) in [5.41, 5.74) is 3.97. The first-order valence-electron chi connectivity index (χ1n) is 8.80. The van der Waals surface area contributed by atoms with Gasteiger partial charge in [0.25, 0.3) is 5.91 Å². The smallest absolute Gasteiger partial charge is 0.264 e. The van der Waals surface area contributed by atoms with Crippen LogP contribution in [-0.4, -0.2) is 15.6 Å². The first-order chi connectivity index (χ1) is 13.6. The average molecular weight is 408 g/mol. The summed E-state index contributed by atoms with van der Waals surface area (Å²) in [5.74, 6) is -0.147. The normalized spacial score (nSPS) is 16.9. The lowest BCUT2D eigenvalue weighted by molar-refractivity contribution is -0.115. The summed E-state index contributed by atoms with van der Waals surface area (Å²) in [6.45, 7) is 6.64. The molecule has 1 aliphatic heterocycles. The Labute approximate surface area is 172 Å². The standard InChI is InChI=1S/C22H18ClN3OS/c1-3-11-26-14(2)18(17-9-4-5-10-19(17)26)13-20-21(27)25-22(28-20)24-16-8-6-7-15(23)12-16/h3-10,12-13H,1,11H2,2H3,(H,24,25,27)/b20-13-. The highest BCUT2D eigenvalue weighted by Crippen LogP contribution is 2.33. The summed E-state index contributed by atoms with van der Waals surface area (Å²) in [5, 5.41) is 5.10. The Morgan fingerprint density at radius 1 is 1.25 bits per heavy atom. The van der Waals surface area contributed by atoms with E-state index in [-0.39, 0.29) is 5.91 Å². The van der Waals surface area contributed by atoms with Gasteiger partial charge < -0.3 is 9.88 Å². The monoisotopic (exact) mass is 407 g/mol. The number of hydrogen-bond acceptors (Lipinski definition) is 3. The molecule has 0 unspecified atom stereocenters. The molecule has 4 nitrogen and oxygen atoms in total. The van der Waals surface area contributed by atoms with E-state index in [0.717, 1.165) is 28.7 Å². The number of amidine groups is 1. The fourth-order valence-electron chi connectivity index (χ4n) is 3.28. The molecule has 1 aromatic heterocycles. The van der Waals surface area contributed by atoms with Crippen molar-refractivity contribution >= 4 is 57.1 Å². The van der Waals surface area contributed by atoms with E-state index in [1.807, 2.05) is 36.4 Å². The minimum Gasteiger partial charge on any atom is -0.340 e. The van der Waals surface area contributed by atoms with Crippen molar-refractivity contribution in [2.45, 2.75) is 13.5 Å². The Balaban J connectivity index is 1.73. The van der Waals surface area contributed by atoms with E-state index in [1.165, 1.54) is 11.8 Å². The number of nitrogens with zero attached hydrogens (tertiary/aromatic N) is 2. The summed E-state index contributed by atoms with van der Waals surface area (Å²) in [6, 6.07) is 15.4. The molecular formula is C22H18ClN3OS. The molecule has 0 saturated carbocycles. The zero-order valence-corrected chi connectivity index (χ0v) is 16.8. The van der Waals surface area contributed by atoms with Gasteiger partial charge in [0, 0.05) is 33.7 Å². The van der Waals surface area contributed by atoms with Gasteiger partial charge in [-0.15, -0.1) is 6.58 Å². The number of aliphatic imine (C=N–C) groups is 1. The van der Waals surface area contributed by atoms with Crippen LogP contribution < -0.4 is 5.32 Å². The molecule has 0 spiro atoms. The number of carbonyl (C=O) groups excluding carboxylic acids is 1. The maximum Gasteiger partial charge on any atom is 0.264 e. The Morgan fingerprint density at radius 2 is 2.07 bits per heavy atom. The lowest BCUT2D eigenvalue weighted by Gasteiger charge is -2.04. The molecule has 0 aliphatic carbocycles. The van der Waals surface area contributed by atoms with Crippen LogP contribution >= 0.6 is 23.4 Å². The molecule has 1 saturated heterocycles. The molecule has 140 valence electrons. The van der Waals surface area contributed by atoms with Crippen LogP contribution in [-0.2, 0) is 11.3 Å². The number of para-hydroxylation sites is 1. The van der Waals surface area contributed by atoms with Crippen LogP contribution in [0.1, 0.15) is 11.3 Å². The number of rotatable bonds is 4. The minimum atomic E-state index is -0.147. The molecule has 1 fully saturated rings. The molecule has 1 aliphatic rings. The molecule has 1 N–H and O–H groups in total. The topological polar surface area (TPSA) is 46.4 Å². The lowest BCUT2D eigenvalue weighted by atomic mass is 10.1. The van der Waals surface area contributed by atoms with Gasteiger partial charge in [0.15, 0.2) is 5.17 Å². The van der Waals surface area contributed by atoms with Crippen LogP contribution in [0.4, 0.5) is 5.69 Å². The fraction of sp³-hybridized carbons (Fsp3) is 0.0909. The van der Waals surface area contributed by atoms with Gasteiger partial charge in [-0.3, -0.25) is 4.79 Å². The van der Waals surface area contributed by atoms with Crippen molar-refractivity contribution < 1.29 is 4.79 Å². The molecular weight excluding hydrogens is 390 g/mol. The van der Waals surface area contributed by atoms with E-state index in [9.17, 15) is 4.79 Å². The molecule has 28 heavy (non-hydrogen) atoms. The second-order valence-corrected chi connectivity index (χ2v) is 7.84. The highest BCUT2D eigenvalue weighted by molar-refractivity contribution is 8.18. The Kier molecular flexibility index (Phi) is 5.11. The molecule has 6 heteroatoms. The third kappa shape index (κ3) is 3.51. The maximum absolute atomic E-state index is 12.5. The van der Waals surface area contributed by atoms with Crippen LogP contribution in [0.3, 0.4) is 0 Å². The van der Waals surface area contributed by atoms with Crippen molar-refractivity contribution in [1.29, 1.82) is 0 Å². The third-order valence-corrected chi connectivity index (χ3v) is 5.70. The Bertz CT molecular complexity index is 1160. The van der Waals surface area contributed by atoms with Crippen molar-refractivity contribution in [2.75, 3.05) is 0 Å². The quantitative estimate of drug-likeness (QED) is 0.446. The molecule has 2 aromatic carbocycles. The van der Waals surface area contributed by atoms with Gasteiger partial charge in [0.2, 0.25) is 0 Å². The van der Waals surface area contributed by atoms with Crippen LogP contribution in [0.2, 0.25) is 5.02 Å². The third-order valence-electron chi connectivity index (χ3n) is 4.56. The van der Waals surface area contributed by atoms with Crippen LogP contribution in [0, 0.1) is 6.92 Å². The second-order valence-electron chi connectivity index (χ2n) is 6.38. The molecule has 3 aromatic rings. The number of amides is 1. The van der Waals surface area contributed by atoms with Gasteiger partial charge in [-0.05, 0) is 49.0 Å². The van der Waals surface area contributed by atoms with Crippen LogP contribution in [0.5, 0.6) is 0 Å². The molecule has 1 amide bonds.